The zero-order chi connectivity index (χ0) is 20.2. The lowest BCUT2D eigenvalue weighted by molar-refractivity contribution is 0.0463. The number of aliphatic hydroxyl groups is 1. The van der Waals surface area contributed by atoms with Gasteiger partial charge in [-0.1, -0.05) is 53.9 Å². The van der Waals surface area contributed by atoms with Gasteiger partial charge in [-0.2, -0.15) is 0 Å². The van der Waals surface area contributed by atoms with Crippen LogP contribution in [0.25, 0.3) is 11.0 Å². The average molecular weight is 415 g/mol. The van der Waals surface area contributed by atoms with E-state index in [1.54, 1.807) is 18.2 Å². The Balaban J connectivity index is 1.43. The SMILES string of the molecule is O=C(NC(O)C1CCCCC1)c1cc(COn2nnc3ccccc32)ccc1Cl. The quantitative estimate of drug-likeness (QED) is 0.604. The summed E-state index contributed by atoms with van der Waals surface area (Å²) in [6, 6.07) is 12.6. The van der Waals surface area contributed by atoms with Gasteiger partial charge in [0.15, 0.2) is 0 Å². The third kappa shape index (κ3) is 4.52. The van der Waals surface area contributed by atoms with E-state index in [9.17, 15) is 9.90 Å². The minimum absolute atomic E-state index is 0.0959. The number of hydrogen-bond donors (Lipinski definition) is 2. The van der Waals surface area contributed by atoms with Crippen molar-refractivity contribution in [2.45, 2.75) is 44.9 Å². The smallest absolute Gasteiger partial charge is 0.254 e. The van der Waals surface area contributed by atoms with E-state index in [2.05, 4.69) is 15.6 Å². The van der Waals surface area contributed by atoms with Gasteiger partial charge in [-0.15, -0.1) is 5.10 Å². The van der Waals surface area contributed by atoms with Crippen LogP contribution < -0.4 is 10.2 Å². The molecule has 1 saturated carbocycles. The first-order chi connectivity index (χ1) is 14.1. The number of aliphatic hydroxyl groups excluding tert-OH is 1. The van der Waals surface area contributed by atoms with Crippen LogP contribution in [0.3, 0.4) is 0 Å². The highest BCUT2D eigenvalue weighted by atomic mass is 35.5. The number of benzene rings is 2. The Bertz CT molecular complexity index is 1000. The van der Waals surface area contributed by atoms with Crippen molar-refractivity contribution in [2.75, 3.05) is 0 Å². The summed E-state index contributed by atoms with van der Waals surface area (Å²) in [5, 5.41) is 21.4. The number of halogens is 1. The van der Waals surface area contributed by atoms with Crippen molar-refractivity contribution in [1.29, 1.82) is 0 Å². The molecular weight excluding hydrogens is 392 g/mol. The molecule has 1 fully saturated rings. The molecule has 1 atom stereocenters. The molecule has 1 heterocycles. The molecule has 0 bridgehead atoms. The number of nitrogens with one attached hydrogen (secondary N) is 1. The zero-order valence-corrected chi connectivity index (χ0v) is 16.7. The van der Waals surface area contributed by atoms with Crippen LogP contribution in [0.5, 0.6) is 0 Å². The average Bonchev–Trinajstić information content (AvgIpc) is 3.17. The summed E-state index contributed by atoms with van der Waals surface area (Å²) >= 11 is 6.23. The topological polar surface area (TPSA) is 89.3 Å². The first-order valence-corrected chi connectivity index (χ1v) is 10.2. The lowest BCUT2D eigenvalue weighted by atomic mass is 9.88. The Labute approximate surface area is 173 Å². The van der Waals surface area contributed by atoms with E-state index in [1.165, 1.54) is 11.3 Å². The third-order valence-electron chi connectivity index (χ3n) is 5.33. The standard InChI is InChI=1S/C21H23ClN4O3/c22-17-11-10-14(13-29-26-19-9-5-4-8-18(19)24-25-26)12-16(17)21(28)23-20(27)15-6-2-1-3-7-15/h4-5,8-12,15,20,27H,1-3,6-7,13H2,(H,23,28). The molecule has 152 valence electrons. The van der Waals surface area contributed by atoms with Crippen LogP contribution in [-0.4, -0.2) is 32.4 Å². The van der Waals surface area contributed by atoms with Gasteiger partial charge in [0, 0.05) is 5.92 Å². The van der Waals surface area contributed by atoms with Crippen molar-refractivity contribution in [3.8, 4) is 0 Å². The molecule has 0 aliphatic heterocycles. The number of carbonyl (C=O) groups is 1. The van der Waals surface area contributed by atoms with E-state index < -0.39 is 6.23 Å². The summed E-state index contributed by atoms with van der Waals surface area (Å²) in [7, 11) is 0. The molecule has 2 N–H and O–H groups in total. The molecule has 0 radical (unpaired) electrons. The van der Waals surface area contributed by atoms with Gasteiger partial charge in [-0.05, 0) is 47.9 Å². The van der Waals surface area contributed by atoms with Crippen molar-refractivity contribution in [3.05, 3.63) is 58.6 Å². The molecule has 1 aliphatic rings. The maximum absolute atomic E-state index is 12.7. The number of rotatable bonds is 6. The molecule has 8 heteroatoms. The summed E-state index contributed by atoms with van der Waals surface area (Å²) < 4.78 is 0. The van der Waals surface area contributed by atoms with Gasteiger partial charge < -0.3 is 15.3 Å². The Morgan fingerprint density at radius 1 is 1.24 bits per heavy atom. The number of carbonyl (C=O) groups excluding carboxylic acids is 1. The lowest BCUT2D eigenvalue weighted by Crippen LogP contribution is -2.41. The van der Waals surface area contributed by atoms with E-state index >= 15 is 0 Å². The summed E-state index contributed by atoms with van der Waals surface area (Å²) in [4.78, 5) is 19.7. The predicted molar refractivity (Wildman–Crippen MR) is 109 cm³/mol. The maximum Gasteiger partial charge on any atom is 0.254 e. The van der Waals surface area contributed by atoms with E-state index in [4.69, 9.17) is 16.4 Å². The summed E-state index contributed by atoms with van der Waals surface area (Å²) in [5.74, 6) is -0.292. The van der Waals surface area contributed by atoms with E-state index in [0.717, 1.165) is 42.3 Å². The van der Waals surface area contributed by atoms with Crippen molar-refractivity contribution in [3.63, 3.8) is 0 Å². The molecule has 0 saturated heterocycles. The molecule has 2 aromatic carbocycles. The second-order valence-corrected chi connectivity index (χ2v) is 7.76. The highest BCUT2D eigenvalue weighted by Gasteiger charge is 2.24. The first-order valence-electron chi connectivity index (χ1n) is 9.83. The van der Waals surface area contributed by atoms with Gasteiger partial charge in [0.2, 0.25) is 0 Å². The van der Waals surface area contributed by atoms with Crippen molar-refractivity contribution in [1.82, 2.24) is 20.5 Å². The van der Waals surface area contributed by atoms with Crippen LogP contribution >= 0.6 is 11.6 Å². The molecule has 4 rings (SSSR count). The fraction of sp³-hybridized carbons (Fsp3) is 0.381. The first kappa shape index (κ1) is 19.7. The van der Waals surface area contributed by atoms with Crippen LogP contribution in [0.2, 0.25) is 5.02 Å². The number of hydrogen-bond acceptors (Lipinski definition) is 5. The van der Waals surface area contributed by atoms with Crippen molar-refractivity contribution in [2.24, 2.45) is 5.92 Å². The number of amides is 1. The van der Waals surface area contributed by atoms with Crippen molar-refractivity contribution >= 4 is 28.5 Å². The summed E-state index contributed by atoms with van der Waals surface area (Å²) in [5.41, 5.74) is 2.56. The van der Waals surface area contributed by atoms with Gasteiger partial charge >= 0.3 is 0 Å². The monoisotopic (exact) mass is 414 g/mol. The van der Waals surface area contributed by atoms with Crippen LogP contribution in [0, 0.1) is 5.92 Å². The second kappa shape index (κ2) is 8.80. The van der Waals surface area contributed by atoms with E-state index in [-0.39, 0.29) is 18.4 Å². The van der Waals surface area contributed by atoms with Gasteiger partial charge in [0.25, 0.3) is 5.91 Å². The lowest BCUT2D eigenvalue weighted by Gasteiger charge is -2.27. The Kier molecular flexibility index (Phi) is 5.97. The predicted octanol–water partition coefficient (Wildman–Crippen LogP) is 3.34. The molecule has 1 aliphatic carbocycles. The zero-order valence-electron chi connectivity index (χ0n) is 15.9. The highest BCUT2D eigenvalue weighted by molar-refractivity contribution is 6.33. The molecule has 1 aromatic heterocycles. The highest BCUT2D eigenvalue weighted by Crippen LogP contribution is 2.26. The van der Waals surface area contributed by atoms with Gasteiger partial charge in [0.05, 0.1) is 10.6 Å². The fourth-order valence-electron chi connectivity index (χ4n) is 3.69. The molecule has 29 heavy (non-hydrogen) atoms. The molecule has 3 aromatic rings. The number of para-hydroxylation sites is 1. The molecule has 7 nitrogen and oxygen atoms in total. The Hall–Kier alpha value is -2.64. The molecule has 0 spiro atoms. The molecule has 1 unspecified atom stereocenters. The van der Waals surface area contributed by atoms with E-state index in [0.29, 0.717) is 10.6 Å². The van der Waals surface area contributed by atoms with Crippen LogP contribution in [0.1, 0.15) is 48.0 Å². The second-order valence-electron chi connectivity index (χ2n) is 7.36. The van der Waals surface area contributed by atoms with Crippen LogP contribution in [-0.2, 0) is 6.61 Å². The van der Waals surface area contributed by atoms with E-state index in [1.807, 2.05) is 24.3 Å². The summed E-state index contributed by atoms with van der Waals surface area (Å²) in [6.45, 7) is 0.190. The normalized spacial score (nSPS) is 15.9. The third-order valence-corrected chi connectivity index (χ3v) is 5.66. The number of aromatic nitrogens is 3. The van der Waals surface area contributed by atoms with Gasteiger partial charge in [-0.25, -0.2) is 0 Å². The van der Waals surface area contributed by atoms with Gasteiger partial charge in [0.1, 0.15) is 23.9 Å². The van der Waals surface area contributed by atoms with Crippen LogP contribution in [0.4, 0.5) is 0 Å². The number of fused-ring (bicyclic) bond motifs is 1. The van der Waals surface area contributed by atoms with Gasteiger partial charge in [-0.3, -0.25) is 4.79 Å². The molecule has 1 amide bonds. The Morgan fingerprint density at radius 3 is 2.86 bits per heavy atom. The van der Waals surface area contributed by atoms with Crippen molar-refractivity contribution < 1.29 is 14.7 Å². The molecular formula is C21H23ClN4O3. The van der Waals surface area contributed by atoms with Crippen LogP contribution in [0.15, 0.2) is 42.5 Å². The summed E-state index contributed by atoms with van der Waals surface area (Å²) in [6.07, 6.45) is 4.35. The minimum Gasteiger partial charge on any atom is -0.390 e. The Morgan fingerprint density at radius 2 is 2.03 bits per heavy atom. The number of nitrogens with zero attached hydrogens (tertiary/aromatic N) is 3. The maximum atomic E-state index is 12.7. The minimum atomic E-state index is -0.861. The largest absolute Gasteiger partial charge is 0.390 e. The fourth-order valence-corrected chi connectivity index (χ4v) is 3.90.